The maximum atomic E-state index is 6.81. The van der Waals surface area contributed by atoms with Crippen molar-refractivity contribution < 1.29 is 4.84 Å². The molecule has 0 rings (SSSR count). The summed E-state index contributed by atoms with van der Waals surface area (Å²) in [5.74, 6) is 0. The van der Waals surface area contributed by atoms with Gasteiger partial charge in [-0.2, -0.15) is 5.48 Å². The van der Waals surface area contributed by atoms with Gasteiger partial charge in [-0.1, -0.05) is 0 Å². The van der Waals surface area contributed by atoms with Crippen LogP contribution in [0.1, 0.15) is 6.92 Å². The van der Waals surface area contributed by atoms with Crippen molar-refractivity contribution in [3.05, 3.63) is 24.1 Å². The van der Waals surface area contributed by atoms with Crippen molar-refractivity contribution >= 4 is 12.1 Å². The molecule has 0 spiro atoms. The van der Waals surface area contributed by atoms with Crippen molar-refractivity contribution in [3.8, 4) is 0 Å². The van der Waals surface area contributed by atoms with Crippen LogP contribution < -0.4 is 11.2 Å². The first-order valence-electron chi connectivity index (χ1n) is 3.70. The van der Waals surface area contributed by atoms with E-state index in [1.54, 1.807) is 20.0 Å². The second-order valence-electron chi connectivity index (χ2n) is 2.12. The molecule has 0 saturated carbocycles. The van der Waals surface area contributed by atoms with Gasteiger partial charge in [-0.25, -0.2) is 4.99 Å². The summed E-state index contributed by atoms with van der Waals surface area (Å²) in [6.07, 6.45) is 5.41. The average molecular weight is 182 g/mol. The molecule has 0 atom stereocenters. The molecule has 0 aliphatic carbocycles. The monoisotopic (exact) mass is 182 g/mol. The normalized spacial score (nSPS) is 13.4. The lowest BCUT2D eigenvalue weighted by atomic mass is 10.2. The lowest BCUT2D eigenvalue weighted by Crippen LogP contribution is -2.03. The first kappa shape index (κ1) is 11.4. The number of hydrogen-bond donors (Lipinski definition) is 3. The van der Waals surface area contributed by atoms with Crippen LogP contribution in [0.2, 0.25) is 0 Å². The third-order valence-electron chi connectivity index (χ3n) is 1.27. The van der Waals surface area contributed by atoms with Crippen LogP contribution in [-0.4, -0.2) is 19.1 Å². The number of hydrogen-bond acceptors (Lipinski definition) is 4. The fourth-order valence-electron chi connectivity index (χ4n) is 0.598. The fourth-order valence-corrected chi connectivity index (χ4v) is 0.598. The van der Waals surface area contributed by atoms with E-state index < -0.39 is 0 Å². The van der Waals surface area contributed by atoms with Crippen molar-refractivity contribution in [3.63, 3.8) is 0 Å². The number of nitrogens with two attached hydrogens (primary N) is 1. The molecule has 0 aliphatic heterocycles. The smallest absolute Gasteiger partial charge is 0.113 e. The van der Waals surface area contributed by atoms with Gasteiger partial charge in [0.25, 0.3) is 0 Å². The van der Waals surface area contributed by atoms with Crippen molar-refractivity contribution in [2.75, 3.05) is 7.05 Å². The Labute approximate surface area is 77.5 Å². The summed E-state index contributed by atoms with van der Waals surface area (Å²) in [5, 5.41) is 6.81. The molecule has 0 aromatic heterocycles. The number of aliphatic imine (C=N–C) groups is 1. The highest BCUT2D eigenvalue weighted by molar-refractivity contribution is 6.10. The minimum Gasteiger partial charge on any atom is -0.417 e. The zero-order chi connectivity index (χ0) is 10.1. The first-order valence-corrected chi connectivity index (χ1v) is 3.70. The van der Waals surface area contributed by atoms with Gasteiger partial charge < -0.3 is 10.6 Å². The van der Waals surface area contributed by atoms with Gasteiger partial charge in [0.15, 0.2) is 0 Å². The first-order chi connectivity index (χ1) is 6.26. The Kier molecular flexibility index (Phi) is 6.17. The molecule has 5 nitrogen and oxygen atoms in total. The van der Waals surface area contributed by atoms with Gasteiger partial charge in [0.05, 0.1) is 5.71 Å². The lowest BCUT2D eigenvalue weighted by Gasteiger charge is -1.98. The van der Waals surface area contributed by atoms with Crippen LogP contribution in [0.25, 0.3) is 0 Å². The van der Waals surface area contributed by atoms with E-state index in [-0.39, 0.29) is 0 Å². The summed E-state index contributed by atoms with van der Waals surface area (Å²) >= 11 is 0. The summed E-state index contributed by atoms with van der Waals surface area (Å²) in [4.78, 5) is 8.53. The lowest BCUT2D eigenvalue weighted by molar-refractivity contribution is 0.159. The minimum absolute atomic E-state index is 0.591. The SMILES string of the molecule is CNO/C=C/C(=NC=N)/C(C)=C/N. The van der Waals surface area contributed by atoms with Crippen LogP contribution in [0.3, 0.4) is 0 Å². The number of nitrogens with zero attached hydrogens (tertiary/aromatic N) is 1. The van der Waals surface area contributed by atoms with E-state index in [1.165, 1.54) is 12.5 Å². The molecule has 0 fully saturated rings. The predicted molar refractivity (Wildman–Crippen MR) is 53.4 cm³/mol. The molecule has 0 radical (unpaired) electrons. The minimum atomic E-state index is 0.591. The van der Waals surface area contributed by atoms with Crippen LogP contribution in [-0.2, 0) is 4.84 Å². The molecule has 0 aromatic carbocycles. The second-order valence-corrected chi connectivity index (χ2v) is 2.12. The molecule has 0 unspecified atom stereocenters. The zero-order valence-electron chi connectivity index (χ0n) is 7.74. The van der Waals surface area contributed by atoms with E-state index in [9.17, 15) is 0 Å². The molecule has 13 heavy (non-hydrogen) atoms. The third-order valence-corrected chi connectivity index (χ3v) is 1.27. The van der Waals surface area contributed by atoms with E-state index in [1.807, 2.05) is 0 Å². The Bertz CT molecular complexity index is 243. The summed E-state index contributed by atoms with van der Waals surface area (Å²) in [7, 11) is 1.64. The highest BCUT2D eigenvalue weighted by Gasteiger charge is 1.95. The van der Waals surface area contributed by atoms with Crippen molar-refractivity contribution in [2.45, 2.75) is 6.92 Å². The van der Waals surface area contributed by atoms with E-state index >= 15 is 0 Å². The van der Waals surface area contributed by atoms with Gasteiger partial charge in [-0.15, -0.1) is 0 Å². The maximum Gasteiger partial charge on any atom is 0.113 e. The summed E-state index contributed by atoms with van der Waals surface area (Å²) < 4.78 is 0. The van der Waals surface area contributed by atoms with Crippen LogP contribution in [0, 0.1) is 5.41 Å². The quantitative estimate of drug-likeness (QED) is 0.251. The van der Waals surface area contributed by atoms with Gasteiger partial charge in [0, 0.05) is 13.1 Å². The van der Waals surface area contributed by atoms with Gasteiger partial charge in [-0.05, 0) is 18.7 Å². The standard InChI is InChI=1S/C8H14N4O/c1-7(5-9)8(12-6-10)3-4-13-11-2/h3-6,10-11H,9H2,1-2H3/b4-3+,7-5+,10-6?,12-8?. The second kappa shape index (κ2) is 7.05. The maximum absolute atomic E-state index is 6.81. The third kappa shape index (κ3) is 4.76. The highest BCUT2D eigenvalue weighted by atomic mass is 16.6. The molecule has 0 aliphatic rings. The highest BCUT2D eigenvalue weighted by Crippen LogP contribution is 1.96. The molecule has 0 heterocycles. The molecule has 72 valence electrons. The van der Waals surface area contributed by atoms with Crippen LogP contribution in [0.5, 0.6) is 0 Å². The van der Waals surface area contributed by atoms with E-state index in [0.29, 0.717) is 5.71 Å². The van der Waals surface area contributed by atoms with Gasteiger partial charge in [0.2, 0.25) is 0 Å². The number of allylic oxidation sites excluding steroid dienone is 2. The molecule has 0 aromatic rings. The summed E-state index contributed by atoms with van der Waals surface area (Å²) in [5.41, 5.74) is 9.14. The van der Waals surface area contributed by atoms with Crippen molar-refractivity contribution in [2.24, 2.45) is 10.7 Å². The molecule has 0 amide bonds. The van der Waals surface area contributed by atoms with Gasteiger partial charge in [0.1, 0.15) is 12.6 Å². The molecular weight excluding hydrogens is 168 g/mol. The Morgan fingerprint density at radius 1 is 1.62 bits per heavy atom. The number of hydroxylamine groups is 1. The van der Waals surface area contributed by atoms with E-state index in [2.05, 4.69) is 10.5 Å². The molecule has 0 bridgehead atoms. The Morgan fingerprint density at radius 3 is 2.77 bits per heavy atom. The zero-order valence-corrected chi connectivity index (χ0v) is 7.74. The van der Waals surface area contributed by atoms with Crippen LogP contribution in [0.15, 0.2) is 29.1 Å². The topological polar surface area (TPSA) is 83.5 Å². The molecule has 0 saturated heterocycles. The number of rotatable bonds is 5. The van der Waals surface area contributed by atoms with Crippen molar-refractivity contribution in [1.29, 1.82) is 5.41 Å². The van der Waals surface area contributed by atoms with Crippen LogP contribution in [0.4, 0.5) is 0 Å². The van der Waals surface area contributed by atoms with E-state index in [0.717, 1.165) is 11.9 Å². The van der Waals surface area contributed by atoms with Crippen molar-refractivity contribution in [1.82, 2.24) is 5.48 Å². The van der Waals surface area contributed by atoms with Gasteiger partial charge in [-0.3, -0.25) is 5.41 Å². The Hall–Kier alpha value is -1.62. The van der Waals surface area contributed by atoms with E-state index in [4.69, 9.17) is 16.0 Å². The Balaban J connectivity index is 4.45. The molecule has 4 N–H and O–H groups in total. The van der Waals surface area contributed by atoms with Crippen LogP contribution >= 0.6 is 0 Å². The Morgan fingerprint density at radius 2 is 2.31 bits per heavy atom. The summed E-state index contributed by atoms with van der Waals surface area (Å²) in [6.45, 7) is 1.80. The number of nitrogens with one attached hydrogen (secondary N) is 2. The molecule has 5 heteroatoms. The largest absolute Gasteiger partial charge is 0.417 e. The predicted octanol–water partition coefficient (Wildman–Crippen LogP) is 0.562. The summed E-state index contributed by atoms with van der Waals surface area (Å²) in [6, 6.07) is 0. The average Bonchev–Trinajstić information content (AvgIpc) is 2.16. The van der Waals surface area contributed by atoms with Gasteiger partial charge >= 0.3 is 0 Å². The molecular formula is C8H14N4O. The fraction of sp³-hybridized carbons (Fsp3) is 0.250.